The molecule has 6 nitrogen and oxygen atoms in total. The minimum absolute atomic E-state index is 0.145. The Labute approximate surface area is 140 Å². The number of hydrogen-bond donors (Lipinski definition) is 3. The van der Waals surface area contributed by atoms with Gasteiger partial charge in [-0.15, -0.1) is 0 Å². The SMILES string of the molecule is Cc1[nH]ncc1CNC(=O)c1cc2c([nH]c3ccccc32)c(=O)s1. The van der Waals surface area contributed by atoms with Crippen LogP contribution in [0.5, 0.6) is 0 Å². The van der Waals surface area contributed by atoms with Crippen LogP contribution in [-0.2, 0) is 6.54 Å². The van der Waals surface area contributed by atoms with Gasteiger partial charge in [-0.1, -0.05) is 29.5 Å². The lowest BCUT2D eigenvalue weighted by atomic mass is 10.2. The molecular weight excluding hydrogens is 324 g/mol. The number of para-hydroxylation sites is 1. The molecule has 3 heterocycles. The van der Waals surface area contributed by atoms with E-state index in [9.17, 15) is 9.59 Å². The summed E-state index contributed by atoms with van der Waals surface area (Å²) >= 11 is 0.949. The second-order valence-corrected chi connectivity index (χ2v) is 6.58. The van der Waals surface area contributed by atoms with Crippen LogP contribution < -0.4 is 10.1 Å². The van der Waals surface area contributed by atoms with Crippen LogP contribution in [0, 0.1) is 6.92 Å². The summed E-state index contributed by atoms with van der Waals surface area (Å²) in [6.45, 7) is 2.26. The number of fused-ring (bicyclic) bond motifs is 3. The molecule has 0 spiro atoms. The van der Waals surface area contributed by atoms with Crippen LogP contribution >= 0.6 is 11.3 Å². The highest BCUT2D eigenvalue weighted by Crippen LogP contribution is 2.25. The highest BCUT2D eigenvalue weighted by Gasteiger charge is 2.14. The fourth-order valence-electron chi connectivity index (χ4n) is 2.71. The van der Waals surface area contributed by atoms with Gasteiger partial charge in [-0.05, 0) is 19.1 Å². The Balaban J connectivity index is 1.71. The number of carbonyl (C=O) groups is 1. The topological polar surface area (TPSA) is 90.6 Å². The third-order valence-electron chi connectivity index (χ3n) is 4.03. The van der Waals surface area contributed by atoms with E-state index in [0.717, 1.165) is 38.9 Å². The lowest BCUT2D eigenvalue weighted by Gasteiger charge is -2.04. The monoisotopic (exact) mass is 338 g/mol. The second-order valence-electron chi connectivity index (χ2n) is 5.56. The van der Waals surface area contributed by atoms with Gasteiger partial charge in [0, 0.05) is 34.1 Å². The van der Waals surface area contributed by atoms with E-state index >= 15 is 0 Å². The maximum absolute atomic E-state index is 12.4. The predicted octanol–water partition coefficient (Wildman–Crippen LogP) is 2.70. The van der Waals surface area contributed by atoms with Crippen LogP contribution in [-0.4, -0.2) is 21.1 Å². The number of benzene rings is 1. The Bertz CT molecular complexity index is 1120. The zero-order chi connectivity index (χ0) is 16.7. The van der Waals surface area contributed by atoms with Crippen molar-refractivity contribution in [3.63, 3.8) is 0 Å². The molecule has 7 heteroatoms. The minimum Gasteiger partial charge on any atom is -0.351 e. The summed E-state index contributed by atoms with van der Waals surface area (Å²) in [7, 11) is 0. The van der Waals surface area contributed by atoms with Gasteiger partial charge in [-0.2, -0.15) is 5.10 Å². The minimum atomic E-state index is -0.259. The maximum atomic E-state index is 12.4. The zero-order valence-electron chi connectivity index (χ0n) is 12.8. The summed E-state index contributed by atoms with van der Waals surface area (Å²) in [5.74, 6) is -0.259. The molecule has 0 saturated carbocycles. The molecule has 0 aliphatic heterocycles. The van der Waals surface area contributed by atoms with E-state index in [2.05, 4.69) is 20.5 Å². The second kappa shape index (κ2) is 5.61. The molecule has 3 N–H and O–H groups in total. The van der Waals surface area contributed by atoms with E-state index in [-0.39, 0.29) is 10.6 Å². The number of H-pyrrole nitrogens is 2. The smallest absolute Gasteiger partial charge is 0.261 e. The summed E-state index contributed by atoms with van der Waals surface area (Å²) in [5, 5.41) is 11.3. The first-order valence-electron chi connectivity index (χ1n) is 7.45. The number of aromatic amines is 2. The Hall–Kier alpha value is -2.93. The first-order chi connectivity index (χ1) is 11.6. The van der Waals surface area contributed by atoms with Crippen molar-refractivity contribution in [2.75, 3.05) is 0 Å². The standard InChI is InChI=1S/C17H14N4O2S/c1-9-10(8-19-21-9)7-18-16(22)14-6-12-11-4-2-3-5-13(11)20-15(12)17(23)24-14/h2-6,8,20H,7H2,1H3,(H,18,22)(H,19,21). The molecule has 4 aromatic rings. The molecular formula is C17H14N4O2S. The number of hydrogen-bond acceptors (Lipinski definition) is 4. The molecule has 120 valence electrons. The van der Waals surface area contributed by atoms with Crippen molar-refractivity contribution in [2.24, 2.45) is 0 Å². The third kappa shape index (κ3) is 2.39. The van der Waals surface area contributed by atoms with E-state index in [0.29, 0.717) is 16.9 Å². The van der Waals surface area contributed by atoms with Crippen molar-refractivity contribution < 1.29 is 4.79 Å². The highest BCUT2D eigenvalue weighted by atomic mass is 32.1. The van der Waals surface area contributed by atoms with Gasteiger partial charge >= 0.3 is 0 Å². The van der Waals surface area contributed by atoms with Gasteiger partial charge in [0.2, 0.25) is 0 Å². The van der Waals surface area contributed by atoms with Crippen LogP contribution in [0.15, 0.2) is 41.3 Å². The lowest BCUT2D eigenvalue weighted by molar-refractivity contribution is 0.0955. The summed E-state index contributed by atoms with van der Waals surface area (Å²) in [4.78, 5) is 28.3. The molecule has 0 bridgehead atoms. The van der Waals surface area contributed by atoms with Gasteiger partial charge in [0.25, 0.3) is 10.6 Å². The number of rotatable bonds is 3. The molecule has 3 aromatic heterocycles. The Morgan fingerprint density at radius 3 is 2.92 bits per heavy atom. The molecule has 0 radical (unpaired) electrons. The number of amides is 1. The van der Waals surface area contributed by atoms with E-state index < -0.39 is 0 Å². The number of nitrogens with one attached hydrogen (secondary N) is 3. The van der Waals surface area contributed by atoms with Crippen molar-refractivity contribution in [2.45, 2.75) is 13.5 Å². The van der Waals surface area contributed by atoms with Gasteiger partial charge in [0.1, 0.15) is 5.52 Å². The van der Waals surface area contributed by atoms with E-state index in [4.69, 9.17) is 0 Å². The van der Waals surface area contributed by atoms with Crippen molar-refractivity contribution >= 4 is 39.0 Å². The van der Waals surface area contributed by atoms with E-state index in [1.807, 2.05) is 31.2 Å². The van der Waals surface area contributed by atoms with Crippen LogP contribution in [0.25, 0.3) is 21.8 Å². The number of carbonyl (C=O) groups excluding carboxylic acids is 1. The summed E-state index contributed by atoms with van der Waals surface area (Å²) in [6, 6.07) is 9.46. The molecule has 1 aromatic carbocycles. The average molecular weight is 338 g/mol. The van der Waals surface area contributed by atoms with Crippen LogP contribution in [0.2, 0.25) is 0 Å². The van der Waals surface area contributed by atoms with Crippen LogP contribution in [0.4, 0.5) is 0 Å². The van der Waals surface area contributed by atoms with Crippen molar-refractivity contribution in [1.29, 1.82) is 0 Å². The van der Waals surface area contributed by atoms with Gasteiger partial charge in [-0.3, -0.25) is 14.7 Å². The largest absolute Gasteiger partial charge is 0.351 e. The van der Waals surface area contributed by atoms with E-state index in [1.54, 1.807) is 12.3 Å². The quantitative estimate of drug-likeness (QED) is 0.536. The first-order valence-corrected chi connectivity index (χ1v) is 8.27. The number of aromatic nitrogens is 3. The molecule has 4 rings (SSSR count). The van der Waals surface area contributed by atoms with Gasteiger partial charge in [0.05, 0.1) is 11.1 Å². The Kier molecular flexibility index (Phi) is 3.42. The van der Waals surface area contributed by atoms with Gasteiger partial charge in [0.15, 0.2) is 0 Å². The molecule has 0 fully saturated rings. The van der Waals surface area contributed by atoms with Crippen molar-refractivity contribution in [1.82, 2.24) is 20.5 Å². The highest BCUT2D eigenvalue weighted by molar-refractivity contribution is 7.12. The maximum Gasteiger partial charge on any atom is 0.261 e. The molecule has 1 amide bonds. The Morgan fingerprint density at radius 2 is 2.12 bits per heavy atom. The van der Waals surface area contributed by atoms with Gasteiger partial charge in [-0.25, -0.2) is 0 Å². The third-order valence-corrected chi connectivity index (χ3v) is 4.94. The molecule has 0 aliphatic rings. The molecule has 0 unspecified atom stereocenters. The molecule has 24 heavy (non-hydrogen) atoms. The number of aryl methyl sites for hydroxylation is 1. The molecule has 0 aliphatic carbocycles. The Morgan fingerprint density at radius 1 is 1.29 bits per heavy atom. The van der Waals surface area contributed by atoms with Crippen molar-refractivity contribution in [3.05, 3.63) is 62.2 Å². The van der Waals surface area contributed by atoms with Crippen molar-refractivity contribution in [3.8, 4) is 0 Å². The average Bonchev–Trinajstić information content (AvgIpc) is 3.16. The summed E-state index contributed by atoms with van der Waals surface area (Å²) in [6.07, 6.45) is 1.68. The molecule has 0 atom stereocenters. The van der Waals surface area contributed by atoms with Gasteiger partial charge < -0.3 is 10.3 Å². The first kappa shape index (κ1) is 14.6. The van der Waals surface area contributed by atoms with Crippen LogP contribution in [0.3, 0.4) is 0 Å². The molecule has 0 saturated heterocycles. The fraction of sp³-hybridized carbons (Fsp3) is 0.118. The normalized spacial score (nSPS) is 11.2. The summed E-state index contributed by atoms with van der Waals surface area (Å²) in [5.41, 5.74) is 3.27. The fourth-order valence-corrected chi connectivity index (χ4v) is 3.52. The number of nitrogens with zero attached hydrogens (tertiary/aromatic N) is 1. The van der Waals surface area contributed by atoms with Crippen LogP contribution in [0.1, 0.15) is 20.9 Å². The van der Waals surface area contributed by atoms with E-state index in [1.165, 1.54) is 0 Å². The summed E-state index contributed by atoms with van der Waals surface area (Å²) < 4.78 is -0.145. The predicted molar refractivity (Wildman–Crippen MR) is 94.4 cm³/mol. The zero-order valence-corrected chi connectivity index (χ0v) is 13.7. The lowest BCUT2D eigenvalue weighted by Crippen LogP contribution is -2.23.